The van der Waals surface area contributed by atoms with Crippen LogP contribution in [-0.4, -0.2) is 25.8 Å². The van der Waals surface area contributed by atoms with Gasteiger partial charge in [-0.15, -0.1) is 0 Å². The predicted octanol–water partition coefficient (Wildman–Crippen LogP) is 2.88. The van der Waals surface area contributed by atoms with Crippen LogP contribution in [0.1, 0.15) is 12.1 Å². The molecule has 0 aliphatic rings. The molecule has 4 aromatic rings. The molecule has 27 heavy (non-hydrogen) atoms. The Balaban J connectivity index is 1.40. The molecular formula is C20H17N5O2. The molecule has 7 heteroatoms. The standard InChI is InChI=1S/C20H17N5O2/c26-19(23-14-7-5-13(6-8-14)18-11-21-12-22-18)10-9-17-20(27)25-16-4-2-1-3-15(16)24-17/h1-8,11-12H,9-10H2,(H,21,22)(H,23,26)(H,25,27). The number of aromatic amines is 2. The maximum absolute atomic E-state index is 12.2. The van der Waals surface area contributed by atoms with E-state index in [0.29, 0.717) is 22.4 Å². The Hall–Kier alpha value is -3.74. The van der Waals surface area contributed by atoms with Crippen LogP contribution in [0.15, 0.2) is 65.8 Å². The van der Waals surface area contributed by atoms with Gasteiger partial charge in [-0.3, -0.25) is 9.59 Å². The number of carbonyl (C=O) groups is 1. The summed E-state index contributed by atoms with van der Waals surface area (Å²) in [5, 5.41) is 2.84. The number of nitrogens with one attached hydrogen (secondary N) is 3. The Morgan fingerprint density at radius 2 is 1.89 bits per heavy atom. The molecule has 0 fully saturated rings. The van der Waals surface area contributed by atoms with Crippen molar-refractivity contribution in [3.63, 3.8) is 0 Å². The third-order valence-corrected chi connectivity index (χ3v) is 4.24. The average molecular weight is 359 g/mol. The molecule has 0 atom stereocenters. The molecule has 0 bridgehead atoms. The zero-order valence-electron chi connectivity index (χ0n) is 14.4. The van der Waals surface area contributed by atoms with Crippen molar-refractivity contribution >= 4 is 22.6 Å². The molecule has 0 saturated heterocycles. The number of amides is 1. The first-order valence-corrected chi connectivity index (χ1v) is 8.56. The Bertz CT molecular complexity index is 1130. The fourth-order valence-electron chi connectivity index (χ4n) is 2.84. The van der Waals surface area contributed by atoms with Crippen molar-refractivity contribution in [2.24, 2.45) is 0 Å². The molecule has 4 rings (SSSR count). The Kier molecular flexibility index (Phi) is 4.49. The second kappa shape index (κ2) is 7.25. The molecule has 0 spiro atoms. The summed E-state index contributed by atoms with van der Waals surface area (Å²) in [6.07, 6.45) is 3.81. The van der Waals surface area contributed by atoms with E-state index in [4.69, 9.17) is 0 Å². The summed E-state index contributed by atoms with van der Waals surface area (Å²) in [4.78, 5) is 38.5. The molecule has 0 radical (unpaired) electrons. The summed E-state index contributed by atoms with van der Waals surface area (Å²) in [6.45, 7) is 0. The molecule has 0 saturated carbocycles. The minimum atomic E-state index is -0.259. The van der Waals surface area contributed by atoms with Crippen molar-refractivity contribution in [3.8, 4) is 11.3 Å². The summed E-state index contributed by atoms with van der Waals surface area (Å²) >= 11 is 0. The van der Waals surface area contributed by atoms with E-state index in [2.05, 4.69) is 25.3 Å². The topological polar surface area (TPSA) is 104 Å². The van der Waals surface area contributed by atoms with E-state index in [0.717, 1.165) is 11.3 Å². The first-order valence-electron chi connectivity index (χ1n) is 8.56. The van der Waals surface area contributed by atoms with E-state index in [1.54, 1.807) is 18.6 Å². The normalized spacial score (nSPS) is 10.8. The molecule has 3 N–H and O–H groups in total. The van der Waals surface area contributed by atoms with Gasteiger partial charge in [0.25, 0.3) is 5.56 Å². The largest absolute Gasteiger partial charge is 0.345 e. The first-order chi connectivity index (χ1) is 13.2. The second-order valence-corrected chi connectivity index (χ2v) is 6.12. The third-order valence-electron chi connectivity index (χ3n) is 4.24. The maximum Gasteiger partial charge on any atom is 0.270 e. The van der Waals surface area contributed by atoms with Gasteiger partial charge >= 0.3 is 0 Å². The minimum Gasteiger partial charge on any atom is -0.345 e. The van der Waals surface area contributed by atoms with Crippen LogP contribution in [0.25, 0.3) is 22.3 Å². The van der Waals surface area contributed by atoms with Crippen LogP contribution in [-0.2, 0) is 11.2 Å². The van der Waals surface area contributed by atoms with Gasteiger partial charge in [-0.05, 0) is 29.8 Å². The smallest absolute Gasteiger partial charge is 0.270 e. The van der Waals surface area contributed by atoms with Crippen LogP contribution in [0.3, 0.4) is 0 Å². The minimum absolute atomic E-state index is 0.168. The summed E-state index contributed by atoms with van der Waals surface area (Å²) in [5.74, 6) is -0.168. The number of hydrogen-bond donors (Lipinski definition) is 3. The van der Waals surface area contributed by atoms with Gasteiger partial charge in [0.2, 0.25) is 5.91 Å². The van der Waals surface area contributed by atoms with Crippen LogP contribution in [0, 0.1) is 0 Å². The van der Waals surface area contributed by atoms with Gasteiger partial charge in [0.15, 0.2) is 0 Å². The van der Waals surface area contributed by atoms with E-state index < -0.39 is 0 Å². The Morgan fingerprint density at radius 1 is 1.07 bits per heavy atom. The SMILES string of the molecule is O=C(CCc1nc2ccccc2[nH]c1=O)Nc1ccc(-c2cnc[nH]2)cc1. The number of aryl methyl sites for hydroxylation is 1. The first kappa shape index (κ1) is 16.7. The molecule has 0 unspecified atom stereocenters. The van der Waals surface area contributed by atoms with Crippen LogP contribution in [0.2, 0.25) is 0 Å². The number of para-hydroxylation sites is 2. The van der Waals surface area contributed by atoms with Gasteiger partial charge < -0.3 is 15.3 Å². The zero-order valence-corrected chi connectivity index (χ0v) is 14.4. The van der Waals surface area contributed by atoms with Crippen molar-refractivity contribution in [3.05, 3.63) is 77.1 Å². The van der Waals surface area contributed by atoms with E-state index in [-0.39, 0.29) is 24.3 Å². The lowest BCUT2D eigenvalue weighted by molar-refractivity contribution is -0.116. The van der Waals surface area contributed by atoms with Gasteiger partial charge in [-0.1, -0.05) is 24.3 Å². The highest BCUT2D eigenvalue weighted by Gasteiger charge is 2.09. The summed E-state index contributed by atoms with van der Waals surface area (Å²) < 4.78 is 0. The lowest BCUT2D eigenvalue weighted by Crippen LogP contribution is -2.19. The number of carbonyl (C=O) groups excluding carboxylic acids is 1. The summed E-state index contributed by atoms with van der Waals surface area (Å²) in [7, 11) is 0. The van der Waals surface area contributed by atoms with Crippen molar-refractivity contribution in [2.75, 3.05) is 5.32 Å². The fraction of sp³-hybridized carbons (Fsp3) is 0.100. The van der Waals surface area contributed by atoms with Gasteiger partial charge in [0.05, 0.1) is 29.3 Å². The van der Waals surface area contributed by atoms with Crippen LogP contribution in [0.4, 0.5) is 5.69 Å². The number of hydrogen-bond acceptors (Lipinski definition) is 4. The summed E-state index contributed by atoms with van der Waals surface area (Å²) in [6, 6.07) is 14.8. The highest BCUT2D eigenvalue weighted by Crippen LogP contribution is 2.19. The highest BCUT2D eigenvalue weighted by atomic mass is 16.1. The van der Waals surface area contributed by atoms with Crippen LogP contribution >= 0.6 is 0 Å². The molecule has 1 amide bonds. The number of rotatable bonds is 5. The Morgan fingerprint density at radius 3 is 2.67 bits per heavy atom. The van der Waals surface area contributed by atoms with Gasteiger partial charge in [-0.25, -0.2) is 9.97 Å². The highest BCUT2D eigenvalue weighted by molar-refractivity contribution is 5.91. The number of H-pyrrole nitrogens is 2. The fourth-order valence-corrected chi connectivity index (χ4v) is 2.84. The number of fused-ring (bicyclic) bond motifs is 1. The van der Waals surface area contributed by atoms with Crippen LogP contribution < -0.4 is 10.9 Å². The molecule has 0 aliphatic heterocycles. The molecule has 0 aliphatic carbocycles. The molecule has 2 aromatic carbocycles. The number of benzene rings is 2. The number of anilines is 1. The molecule has 2 aromatic heterocycles. The van der Waals surface area contributed by atoms with E-state index in [9.17, 15) is 9.59 Å². The van der Waals surface area contributed by atoms with Crippen molar-refractivity contribution in [1.29, 1.82) is 0 Å². The van der Waals surface area contributed by atoms with Gasteiger partial charge in [0.1, 0.15) is 5.69 Å². The van der Waals surface area contributed by atoms with Gasteiger partial charge in [-0.2, -0.15) is 0 Å². The average Bonchev–Trinajstić information content (AvgIpc) is 3.22. The summed E-state index contributed by atoms with van der Waals surface area (Å²) in [5.41, 5.74) is 4.09. The zero-order chi connectivity index (χ0) is 18.6. The van der Waals surface area contributed by atoms with Crippen molar-refractivity contribution in [2.45, 2.75) is 12.8 Å². The third kappa shape index (κ3) is 3.77. The van der Waals surface area contributed by atoms with E-state index in [1.165, 1.54) is 0 Å². The van der Waals surface area contributed by atoms with E-state index >= 15 is 0 Å². The quantitative estimate of drug-likeness (QED) is 0.510. The number of aromatic nitrogens is 4. The monoisotopic (exact) mass is 359 g/mol. The Labute approximate surface area is 154 Å². The molecule has 7 nitrogen and oxygen atoms in total. The van der Waals surface area contributed by atoms with Gasteiger partial charge in [0, 0.05) is 18.5 Å². The number of nitrogens with zero attached hydrogens (tertiary/aromatic N) is 2. The van der Waals surface area contributed by atoms with Crippen molar-refractivity contribution in [1.82, 2.24) is 19.9 Å². The maximum atomic E-state index is 12.2. The second-order valence-electron chi connectivity index (χ2n) is 6.12. The van der Waals surface area contributed by atoms with Crippen molar-refractivity contribution < 1.29 is 4.79 Å². The molecule has 134 valence electrons. The molecule has 2 heterocycles. The lowest BCUT2D eigenvalue weighted by atomic mass is 10.1. The number of imidazole rings is 1. The van der Waals surface area contributed by atoms with Crippen LogP contribution in [0.5, 0.6) is 0 Å². The molecular weight excluding hydrogens is 342 g/mol. The lowest BCUT2D eigenvalue weighted by Gasteiger charge is -2.06. The predicted molar refractivity (Wildman–Crippen MR) is 103 cm³/mol. The van der Waals surface area contributed by atoms with E-state index in [1.807, 2.05) is 42.5 Å².